The molecule has 0 saturated heterocycles. The maximum absolute atomic E-state index is 13.7. The van der Waals surface area contributed by atoms with Crippen molar-refractivity contribution in [3.05, 3.63) is 59.9 Å². The van der Waals surface area contributed by atoms with Crippen LogP contribution in [0.1, 0.15) is 18.9 Å². The molecule has 2 aromatic carbocycles. The number of nitrogens with two attached hydrogens (primary N) is 1. The van der Waals surface area contributed by atoms with Crippen LogP contribution in [0.5, 0.6) is 0 Å². The van der Waals surface area contributed by atoms with E-state index in [1.165, 1.54) is 23.4 Å². The molecule has 0 radical (unpaired) electrons. The Morgan fingerprint density at radius 2 is 1.68 bits per heavy atom. The first-order valence-electron chi connectivity index (χ1n) is 6.46. The van der Waals surface area contributed by atoms with Crippen molar-refractivity contribution < 1.29 is 4.39 Å². The van der Waals surface area contributed by atoms with Crippen LogP contribution in [-0.4, -0.2) is 6.04 Å². The smallest absolute Gasteiger partial charge is 0.137 e. The topological polar surface area (TPSA) is 26.0 Å². The zero-order valence-corrected chi connectivity index (χ0v) is 11.8. The SMILES string of the molecule is CCC(N)Cc1ccccc1Sc1ccccc1F. The van der Waals surface area contributed by atoms with Crippen molar-refractivity contribution in [3.63, 3.8) is 0 Å². The number of benzene rings is 2. The molecular formula is C16H18FNS. The largest absolute Gasteiger partial charge is 0.327 e. The van der Waals surface area contributed by atoms with Crippen LogP contribution >= 0.6 is 11.8 Å². The summed E-state index contributed by atoms with van der Waals surface area (Å²) in [5.74, 6) is -0.179. The molecule has 1 atom stereocenters. The van der Waals surface area contributed by atoms with Gasteiger partial charge in [0.25, 0.3) is 0 Å². The van der Waals surface area contributed by atoms with Crippen LogP contribution in [0, 0.1) is 5.82 Å². The van der Waals surface area contributed by atoms with Crippen molar-refractivity contribution in [3.8, 4) is 0 Å². The van der Waals surface area contributed by atoms with Crippen molar-refractivity contribution in [2.75, 3.05) is 0 Å². The Hall–Kier alpha value is -1.32. The summed E-state index contributed by atoms with van der Waals surface area (Å²) in [5, 5.41) is 0. The van der Waals surface area contributed by atoms with Gasteiger partial charge in [0, 0.05) is 15.8 Å². The number of hydrogen-bond donors (Lipinski definition) is 1. The van der Waals surface area contributed by atoms with Gasteiger partial charge in [0.1, 0.15) is 5.82 Å². The lowest BCUT2D eigenvalue weighted by atomic mass is 10.1. The van der Waals surface area contributed by atoms with Crippen LogP contribution in [0.3, 0.4) is 0 Å². The first-order valence-corrected chi connectivity index (χ1v) is 7.28. The minimum Gasteiger partial charge on any atom is -0.327 e. The summed E-state index contributed by atoms with van der Waals surface area (Å²) in [6, 6.07) is 15.1. The monoisotopic (exact) mass is 275 g/mol. The highest BCUT2D eigenvalue weighted by molar-refractivity contribution is 7.99. The van der Waals surface area contributed by atoms with Crippen molar-refractivity contribution in [2.24, 2.45) is 5.73 Å². The molecule has 3 heteroatoms. The molecule has 2 rings (SSSR count). The molecule has 2 N–H and O–H groups in total. The van der Waals surface area contributed by atoms with Gasteiger partial charge in [-0.25, -0.2) is 4.39 Å². The zero-order chi connectivity index (χ0) is 13.7. The average molecular weight is 275 g/mol. The van der Waals surface area contributed by atoms with E-state index in [4.69, 9.17) is 5.73 Å². The van der Waals surface area contributed by atoms with E-state index in [-0.39, 0.29) is 11.9 Å². The van der Waals surface area contributed by atoms with Gasteiger partial charge in [0.2, 0.25) is 0 Å². The third-order valence-corrected chi connectivity index (χ3v) is 4.20. The third-order valence-electron chi connectivity index (χ3n) is 3.04. The van der Waals surface area contributed by atoms with Crippen LogP contribution in [0.2, 0.25) is 0 Å². The predicted octanol–water partition coefficient (Wildman–Crippen LogP) is 4.26. The second-order valence-corrected chi connectivity index (χ2v) is 5.60. The Morgan fingerprint density at radius 1 is 1.05 bits per heavy atom. The average Bonchev–Trinajstić information content (AvgIpc) is 2.43. The summed E-state index contributed by atoms with van der Waals surface area (Å²) in [5.41, 5.74) is 7.20. The maximum Gasteiger partial charge on any atom is 0.137 e. The van der Waals surface area contributed by atoms with E-state index >= 15 is 0 Å². The van der Waals surface area contributed by atoms with Gasteiger partial charge >= 0.3 is 0 Å². The van der Waals surface area contributed by atoms with Gasteiger partial charge in [-0.1, -0.05) is 49.0 Å². The van der Waals surface area contributed by atoms with Crippen LogP contribution in [0.25, 0.3) is 0 Å². The molecule has 100 valence electrons. The van der Waals surface area contributed by atoms with E-state index in [1.807, 2.05) is 24.3 Å². The van der Waals surface area contributed by atoms with Gasteiger partial charge in [-0.2, -0.15) is 0 Å². The number of halogens is 1. The molecule has 0 bridgehead atoms. The first kappa shape index (κ1) is 14.1. The van der Waals surface area contributed by atoms with Crippen molar-refractivity contribution in [1.29, 1.82) is 0 Å². The van der Waals surface area contributed by atoms with Crippen molar-refractivity contribution >= 4 is 11.8 Å². The van der Waals surface area contributed by atoms with Crippen LogP contribution < -0.4 is 5.73 Å². The predicted molar refractivity (Wildman–Crippen MR) is 78.9 cm³/mol. The molecule has 1 nitrogen and oxygen atoms in total. The minimum absolute atomic E-state index is 0.155. The molecule has 0 fully saturated rings. The minimum atomic E-state index is -0.179. The highest BCUT2D eigenvalue weighted by Crippen LogP contribution is 2.32. The normalized spacial score (nSPS) is 12.4. The van der Waals surface area contributed by atoms with Gasteiger partial charge in [0.15, 0.2) is 0 Å². The van der Waals surface area contributed by atoms with Gasteiger partial charge in [-0.05, 0) is 36.6 Å². The Balaban J connectivity index is 2.23. The molecule has 0 saturated carbocycles. The molecule has 0 heterocycles. The Bertz CT molecular complexity index is 542. The summed E-state index contributed by atoms with van der Waals surface area (Å²) < 4.78 is 13.7. The lowest BCUT2D eigenvalue weighted by molar-refractivity contribution is 0.602. The van der Waals surface area contributed by atoms with Crippen LogP contribution in [0.15, 0.2) is 58.3 Å². The van der Waals surface area contributed by atoms with Gasteiger partial charge in [-0.3, -0.25) is 0 Å². The van der Waals surface area contributed by atoms with Crippen molar-refractivity contribution in [1.82, 2.24) is 0 Å². The Morgan fingerprint density at radius 3 is 2.37 bits per heavy atom. The lowest BCUT2D eigenvalue weighted by Crippen LogP contribution is -2.21. The molecular weight excluding hydrogens is 257 g/mol. The molecule has 0 amide bonds. The summed E-state index contributed by atoms with van der Waals surface area (Å²) in [7, 11) is 0. The fourth-order valence-electron chi connectivity index (χ4n) is 1.84. The highest BCUT2D eigenvalue weighted by atomic mass is 32.2. The van der Waals surface area contributed by atoms with Gasteiger partial charge < -0.3 is 5.73 Å². The second kappa shape index (κ2) is 6.73. The standard InChI is InChI=1S/C16H18FNS/c1-2-13(18)11-12-7-3-5-9-15(12)19-16-10-6-4-8-14(16)17/h3-10,13H,2,11,18H2,1H3. The second-order valence-electron chi connectivity index (χ2n) is 4.51. The van der Waals surface area contributed by atoms with E-state index in [0.29, 0.717) is 4.90 Å². The fraction of sp³-hybridized carbons (Fsp3) is 0.250. The van der Waals surface area contributed by atoms with Gasteiger partial charge in [-0.15, -0.1) is 0 Å². The first-order chi connectivity index (χ1) is 9.20. The Labute approximate surface area is 118 Å². The molecule has 2 aromatic rings. The highest BCUT2D eigenvalue weighted by Gasteiger charge is 2.09. The number of rotatable bonds is 5. The summed E-state index contributed by atoms with van der Waals surface area (Å²) in [4.78, 5) is 1.73. The van der Waals surface area contributed by atoms with Crippen LogP contribution in [0.4, 0.5) is 4.39 Å². The lowest BCUT2D eigenvalue weighted by Gasteiger charge is -2.13. The quantitative estimate of drug-likeness (QED) is 0.882. The van der Waals surface area contributed by atoms with E-state index in [1.54, 1.807) is 12.1 Å². The summed E-state index contributed by atoms with van der Waals surface area (Å²) >= 11 is 1.46. The molecule has 0 aromatic heterocycles. The molecule has 0 spiro atoms. The summed E-state index contributed by atoms with van der Waals surface area (Å²) in [6.45, 7) is 2.08. The van der Waals surface area contributed by atoms with E-state index < -0.39 is 0 Å². The molecule has 0 aliphatic carbocycles. The molecule has 19 heavy (non-hydrogen) atoms. The van der Waals surface area contributed by atoms with E-state index in [0.717, 1.165) is 17.7 Å². The van der Waals surface area contributed by atoms with Crippen molar-refractivity contribution in [2.45, 2.75) is 35.6 Å². The van der Waals surface area contributed by atoms with Gasteiger partial charge in [0.05, 0.1) is 0 Å². The zero-order valence-electron chi connectivity index (χ0n) is 11.0. The maximum atomic E-state index is 13.7. The number of hydrogen-bond acceptors (Lipinski definition) is 2. The van der Waals surface area contributed by atoms with E-state index in [2.05, 4.69) is 13.0 Å². The fourth-order valence-corrected chi connectivity index (χ4v) is 2.82. The summed E-state index contributed by atoms with van der Waals surface area (Å²) in [6.07, 6.45) is 1.77. The molecule has 0 aliphatic rings. The van der Waals surface area contributed by atoms with Crippen LogP contribution in [-0.2, 0) is 6.42 Å². The van der Waals surface area contributed by atoms with E-state index in [9.17, 15) is 4.39 Å². The Kier molecular flexibility index (Phi) is 5.00. The molecule has 1 unspecified atom stereocenters. The molecule has 0 aliphatic heterocycles. The third kappa shape index (κ3) is 3.82.